The molecule has 0 aromatic heterocycles. The Kier molecular flexibility index (Phi) is 5.11. The van der Waals surface area contributed by atoms with E-state index in [0.717, 1.165) is 23.3 Å². The zero-order chi connectivity index (χ0) is 19.0. The molecule has 2 saturated carbocycles. The third kappa shape index (κ3) is 3.69. The molecule has 2 bridgehead atoms. The number of carbonyl (C=O) groups excluding carboxylic acids is 2. The third-order valence-electron chi connectivity index (χ3n) is 6.76. The van der Waals surface area contributed by atoms with Crippen molar-refractivity contribution in [2.45, 2.75) is 52.0 Å². The minimum absolute atomic E-state index is 0.0203. The lowest BCUT2D eigenvalue weighted by molar-refractivity contribution is -0.127. The first kappa shape index (κ1) is 18.3. The van der Waals surface area contributed by atoms with Crippen LogP contribution in [0.4, 0.5) is 5.69 Å². The smallest absolute Gasteiger partial charge is 0.227 e. The fourth-order valence-electron chi connectivity index (χ4n) is 5.38. The second-order valence-corrected chi connectivity index (χ2v) is 8.47. The van der Waals surface area contributed by atoms with Crippen LogP contribution >= 0.6 is 0 Å². The highest BCUT2D eigenvalue weighted by Gasteiger charge is 2.43. The normalized spacial score (nSPS) is 30.6. The summed E-state index contributed by atoms with van der Waals surface area (Å²) in [4.78, 5) is 27.0. The molecule has 1 aromatic rings. The van der Waals surface area contributed by atoms with Gasteiger partial charge in [0.1, 0.15) is 5.75 Å². The first-order valence-corrected chi connectivity index (χ1v) is 10.4. The van der Waals surface area contributed by atoms with Gasteiger partial charge in [-0.05, 0) is 75.1 Å². The summed E-state index contributed by atoms with van der Waals surface area (Å²) in [5.74, 6) is 2.87. The van der Waals surface area contributed by atoms with E-state index in [2.05, 4.69) is 12.2 Å². The van der Waals surface area contributed by atoms with Crippen molar-refractivity contribution in [3.8, 4) is 5.75 Å². The summed E-state index contributed by atoms with van der Waals surface area (Å²) < 4.78 is 5.46. The Morgan fingerprint density at radius 3 is 2.67 bits per heavy atom. The molecule has 1 saturated heterocycles. The molecular weight excluding hydrogens is 340 g/mol. The lowest BCUT2D eigenvalue weighted by Gasteiger charge is -2.29. The Hall–Kier alpha value is -2.04. The number of nitrogens with one attached hydrogen (secondary N) is 1. The molecule has 1 heterocycles. The van der Waals surface area contributed by atoms with E-state index >= 15 is 0 Å². The van der Waals surface area contributed by atoms with Gasteiger partial charge in [-0.2, -0.15) is 0 Å². The Labute approximate surface area is 161 Å². The topological polar surface area (TPSA) is 58.6 Å². The molecular formula is C22H30N2O3. The van der Waals surface area contributed by atoms with E-state index in [1.165, 1.54) is 25.7 Å². The molecule has 3 aliphatic rings. The summed E-state index contributed by atoms with van der Waals surface area (Å²) in [5, 5.41) is 3.23. The Morgan fingerprint density at radius 1 is 1.26 bits per heavy atom. The van der Waals surface area contributed by atoms with Crippen LogP contribution in [-0.4, -0.2) is 31.0 Å². The van der Waals surface area contributed by atoms with Gasteiger partial charge in [0.15, 0.2) is 0 Å². The van der Waals surface area contributed by atoms with Crippen molar-refractivity contribution < 1.29 is 14.3 Å². The number of benzene rings is 1. The molecule has 1 N–H and O–H groups in total. The molecule has 2 amide bonds. The van der Waals surface area contributed by atoms with Crippen LogP contribution in [0, 0.1) is 23.7 Å². The third-order valence-corrected chi connectivity index (χ3v) is 6.76. The second-order valence-electron chi connectivity index (χ2n) is 8.47. The van der Waals surface area contributed by atoms with Gasteiger partial charge in [-0.25, -0.2) is 0 Å². The highest BCUT2D eigenvalue weighted by atomic mass is 16.5. The van der Waals surface area contributed by atoms with Crippen LogP contribution in [0.5, 0.6) is 5.75 Å². The van der Waals surface area contributed by atoms with Crippen molar-refractivity contribution >= 4 is 17.5 Å². The fourth-order valence-corrected chi connectivity index (χ4v) is 5.38. The van der Waals surface area contributed by atoms with Crippen LogP contribution in [0.15, 0.2) is 24.3 Å². The molecule has 3 fully saturated rings. The predicted octanol–water partition coefficient (Wildman–Crippen LogP) is 3.38. The molecule has 4 rings (SSSR count). The molecule has 5 atom stereocenters. The van der Waals surface area contributed by atoms with Crippen molar-refractivity contribution in [2.75, 3.05) is 18.1 Å². The van der Waals surface area contributed by atoms with E-state index in [0.29, 0.717) is 25.5 Å². The fraction of sp³-hybridized carbons (Fsp3) is 0.636. The minimum atomic E-state index is -0.259. The van der Waals surface area contributed by atoms with Gasteiger partial charge in [0, 0.05) is 24.7 Å². The van der Waals surface area contributed by atoms with Crippen molar-refractivity contribution in [3.63, 3.8) is 0 Å². The number of nitrogens with zero attached hydrogens (tertiary/aromatic N) is 1. The van der Waals surface area contributed by atoms with E-state index in [9.17, 15) is 9.59 Å². The van der Waals surface area contributed by atoms with Gasteiger partial charge < -0.3 is 15.0 Å². The van der Waals surface area contributed by atoms with Crippen molar-refractivity contribution in [2.24, 2.45) is 23.7 Å². The summed E-state index contributed by atoms with van der Waals surface area (Å²) in [6.45, 7) is 5.16. The highest BCUT2D eigenvalue weighted by molar-refractivity contribution is 6.00. The summed E-state index contributed by atoms with van der Waals surface area (Å²) in [6.07, 6.45) is 5.59. The first-order chi connectivity index (χ1) is 13.0. The SMILES string of the molecule is CCOc1ccc(N2CC(C(=O)NC(C)C3CC4CCC3C4)CC2=O)cc1. The van der Waals surface area contributed by atoms with E-state index < -0.39 is 0 Å². The molecule has 146 valence electrons. The quantitative estimate of drug-likeness (QED) is 0.835. The lowest BCUT2D eigenvalue weighted by Crippen LogP contribution is -2.43. The molecule has 2 aliphatic carbocycles. The van der Waals surface area contributed by atoms with E-state index in [-0.39, 0.29) is 23.8 Å². The molecule has 5 heteroatoms. The number of hydrogen-bond donors (Lipinski definition) is 1. The monoisotopic (exact) mass is 370 g/mol. The molecule has 0 spiro atoms. The number of rotatable bonds is 6. The summed E-state index contributed by atoms with van der Waals surface area (Å²) in [7, 11) is 0. The van der Waals surface area contributed by atoms with Crippen molar-refractivity contribution in [1.82, 2.24) is 5.32 Å². The Bertz CT molecular complexity index is 702. The zero-order valence-corrected chi connectivity index (χ0v) is 16.3. The average Bonchev–Trinajstić information content (AvgIpc) is 3.38. The average molecular weight is 370 g/mol. The number of ether oxygens (including phenoxy) is 1. The summed E-state index contributed by atoms with van der Waals surface area (Å²) in [6, 6.07) is 7.73. The second kappa shape index (κ2) is 7.53. The maximum atomic E-state index is 12.8. The van der Waals surface area contributed by atoms with Crippen LogP contribution in [0.2, 0.25) is 0 Å². The molecule has 1 aliphatic heterocycles. The van der Waals surface area contributed by atoms with Gasteiger partial charge in [-0.15, -0.1) is 0 Å². The van der Waals surface area contributed by atoms with Gasteiger partial charge >= 0.3 is 0 Å². The number of hydrogen-bond acceptors (Lipinski definition) is 3. The van der Waals surface area contributed by atoms with E-state index in [4.69, 9.17) is 4.74 Å². The van der Waals surface area contributed by atoms with Crippen LogP contribution in [0.25, 0.3) is 0 Å². The summed E-state index contributed by atoms with van der Waals surface area (Å²) >= 11 is 0. The number of amides is 2. The minimum Gasteiger partial charge on any atom is -0.494 e. The standard InChI is InChI=1S/C22H30N2O3/c1-3-27-19-8-6-18(7-9-19)24-13-17(12-21(24)25)22(26)23-14(2)20-11-15-4-5-16(20)10-15/h6-9,14-17,20H,3-5,10-13H2,1-2H3,(H,23,26). The maximum Gasteiger partial charge on any atom is 0.227 e. The van der Waals surface area contributed by atoms with E-state index in [1.807, 2.05) is 31.2 Å². The van der Waals surface area contributed by atoms with Gasteiger partial charge in [0.2, 0.25) is 11.8 Å². The Balaban J connectivity index is 1.34. The molecule has 1 aromatic carbocycles. The van der Waals surface area contributed by atoms with Crippen LogP contribution in [-0.2, 0) is 9.59 Å². The number of carbonyl (C=O) groups is 2. The molecule has 5 nitrogen and oxygen atoms in total. The first-order valence-electron chi connectivity index (χ1n) is 10.4. The lowest BCUT2D eigenvalue weighted by atomic mass is 9.84. The predicted molar refractivity (Wildman–Crippen MR) is 105 cm³/mol. The maximum absolute atomic E-state index is 12.8. The molecule has 5 unspecified atom stereocenters. The van der Waals surface area contributed by atoms with Crippen molar-refractivity contribution in [3.05, 3.63) is 24.3 Å². The van der Waals surface area contributed by atoms with Gasteiger partial charge in [-0.3, -0.25) is 9.59 Å². The van der Waals surface area contributed by atoms with Crippen LogP contribution in [0.3, 0.4) is 0 Å². The van der Waals surface area contributed by atoms with Gasteiger partial charge in [0.25, 0.3) is 0 Å². The Morgan fingerprint density at radius 2 is 2.04 bits per heavy atom. The zero-order valence-electron chi connectivity index (χ0n) is 16.3. The number of anilines is 1. The van der Waals surface area contributed by atoms with E-state index in [1.54, 1.807) is 4.90 Å². The largest absolute Gasteiger partial charge is 0.494 e. The van der Waals surface area contributed by atoms with Crippen LogP contribution < -0.4 is 15.0 Å². The molecule has 27 heavy (non-hydrogen) atoms. The molecule has 0 radical (unpaired) electrons. The van der Waals surface area contributed by atoms with Gasteiger partial charge in [0.05, 0.1) is 12.5 Å². The van der Waals surface area contributed by atoms with Gasteiger partial charge in [-0.1, -0.05) is 6.42 Å². The summed E-state index contributed by atoms with van der Waals surface area (Å²) in [5.41, 5.74) is 0.833. The van der Waals surface area contributed by atoms with Crippen LogP contribution in [0.1, 0.15) is 46.0 Å². The van der Waals surface area contributed by atoms with Crippen molar-refractivity contribution in [1.29, 1.82) is 0 Å². The number of fused-ring (bicyclic) bond motifs is 2. The highest BCUT2D eigenvalue weighted by Crippen LogP contribution is 2.49.